The van der Waals surface area contributed by atoms with E-state index in [0.29, 0.717) is 11.3 Å². The molecule has 2 atom stereocenters. The smallest absolute Gasteiger partial charge is 0.314 e. The fourth-order valence-corrected chi connectivity index (χ4v) is 4.63. The third-order valence-corrected chi connectivity index (χ3v) is 6.47. The molecular weight excluding hydrogens is 509 g/mol. The second-order valence-corrected chi connectivity index (χ2v) is 11.5. The summed E-state index contributed by atoms with van der Waals surface area (Å²) in [7, 11) is -2.25. The Morgan fingerprint density at radius 1 is 1.11 bits per heavy atom. The molecule has 4 aromatic rings. The number of benzene rings is 2. The van der Waals surface area contributed by atoms with Crippen molar-refractivity contribution in [1.82, 2.24) is 15.0 Å². The van der Waals surface area contributed by atoms with E-state index in [9.17, 15) is 17.4 Å². The Balaban J connectivity index is 1.37. The van der Waals surface area contributed by atoms with Crippen molar-refractivity contribution in [2.24, 2.45) is 4.36 Å². The number of aliphatic hydroxyl groups excluding tert-OH is 1. The molecule has 0 saturated carbocycles. The third kappa shape index (κ3) is 5.17. The predicted octanol–water partition coefficient (Wildman–Crippen LogP) is 4.56. The molecule has 1 aliphatic rings. The standard InChI is InChI=1S/C25H23F3N4O4S/c1-37(2,34)32-17-9-7-15(8-10-17)14-3-5-16(6-4-14)22-18(26)11-19-23(30-22)31-24(29-19)36-21-13-35-20(12-33)25(21,27)28/h3-11,20-21,33H,12-13H2,1-2H3,(H,29,30,31)/t20-,21-/m1/s1. The monoisotopic (exact) mass is 532 g/mol. The number of H-pyrrole nitrogens is 1. The summed E-state index contributed by atoms with van der Waals surface area (Å²) in [6.07, 6.45) is -0.182. The third-order valence-electron chi connectivity index (χ3n) is 5.82. The topological polar surface area (TPSA) is 110 Å². The minimum atomic E-state index is -3.41. The molecule has 0 bridgehead atoms. The van der Waals surface area contributed by atoms with Gasteiger partial charge in [-0.25, -0.2) is 13.6 Å². The number of nitrogens with one attached hydrogen (secondary N) is 1. The molecule has 2 aromatic heterocycles. The molecule has 2 N–H and O–H groups in total. The Labute approximate surface area is 210 Å². The van der Waals surface area contributed by atoms with E-state index in [1.165, 1.54) is 6.07 Å². The van der Waals surface area contributed by atoms with Crippen molar-refractivity contribution in [1.29, 1.82) is 0 Å². The summed E-state index contributed by atoms with van der Waals surface area (Å²) in [5.41, 5.74) is 3.22. The largest absolute Gasteiger partial charge is 0.452 e. The van der Waals surface area contributed by atoms with E-state index in [0.717, 1.165) is 11.1 Å². The fraction of sp³-hybridized carbons (Fsp3) is 0.280. The number of aromatic nitrogens is 3. The van der Waals surface area contributed by atoms with Crippen LogP contribution < -0.4 is 4.74 Å². The van der Waals surface area contributed by atoms with E-state index < -0.39 is 46.9 Å². The van der Waals surface area contributed by atoms with Gasteiger partial charge in [-0.05, 0) is 23.3 Å². The van der Waals surface area contributed by atoms with Crippen LogP contribution in [0.25, 0.3) is 33.5 Å². The van der Waals surface area contributed by atoms with Crippen LogP contribution in [0.15, 0.2) is 59.0 Å². The van der Waals surface area contributed by atoms with Gasteiger partial charge in [0.15, 0.2) is 17.6 Å². The Morgan fingerprint density at radius 2 is 1.73 bits per heavy atom. The number of aliphatic hydroxyl groups is 1. The molecule has 0 radical (unpaired) electrons. The lowest BCUT2D eigenvalue weighted by Crippen LogP contribution is -2.43. The fourth-order valence-electron chi connectivity index (χ4n) is 4.00. The van der Waals surface area contributed by atoms with Gasteiger partial charge in [-0.3, -0.25) is 0 Å². The molecule has 12 heteroatoms. The average molecular weight is 533 g/mol. The maximum absolute atomic E-state index is 14.9. The zero-order chi connectivity index (χ0) is 26.4. The molecule has 0 spiro atoms. The van der Waals surface area contributed by atoms with Gasteiger partial charge in [-0.15, -0.1) is 0 Å². The first-order valence-electron chi connectivity index (χ1n) is 11.2. The number of halogens is 3. The number of hydrogen-bond acceptors (Lipinski definition) is 7. The Morgan fingerprint density at radius 3 is 2.32 bits per heavy atom. The van der Waals surface area contributed by atoms with E-state index in [-0.39, 0.29) is 22.9 Å². The van der Waals surface area contributed by atoms with Crippen molar-refractivity contribution >= 4 is 26.6 Å². The minimum Gasteiger partial charge on any atom is -0.452 e. The summed E-state index contributed by atoms with van der Waals surface area (Å²) in [6.45, 7) is -1.27. The molecule has 1 fully saturated rings. The summed E-state index contributed by atoms with van der Waals surface area (Å²) < 4.78 is 69.6. The van der Waals surface area contributed by atoms with Crippen molar-refractivity contribution in [2.75, 3.05) is 25.7 Å². The van der Waals surface area contributed by atoms with Crippen molar-refractivity contribution < 1.29 is 32.0 Å². The van der Waals surface area contributed by atoms with Crippen molar-refractivity contribution in [3.63, 3.8) is 0 Å². The summed E-state index contributed by atoms with van der Waals surface area (Å²) in [4.78, 5) is 11.0. The molecule has 2 aromatic carbocycles. The van der Waals surface area contributed by atoms with E-state index in [2.05, 4.69) is 19.3 Å². The average Bonchev–Trinajstić information content (AvgIpc) is 3.36. The van der Waals surface area contributed by atoms with Crippen molar-refractivity contribution in [3.05, 3.63) is 60.4 Å². The van der Waals surface area contributed by atoms with Crippen LogP contribution in [-0.2, 0) is 14.5 Å². The van der Waals surface area contributed by atoms with Crippen LogP contribution in [0.5, 0.6) is 6.01 Å². The van der Waals surface area contributed by atoms with Crippen LogP contribution in [0.4, 0.5) is 18.9 Å². The van der Waals surface area contributed by atoms with E-state index >= 15 is 0 Å². The molecule has 194 valence electrons. The highest BCUT2D eigenvalue weighted by molar-refractivity contribution is 7.92. The zero-order valence-corrected chi connectivity index (χ0v) is 20.6. The van der Waals surface area contributed by atoms with Gasteiger partial charge < -0.3 is 19.6 Å². The molecule has 0 aliphatic carbocycles. The van der Waals surface area contributed by atoms with Gasteiger partial charge in [0.2, 0.25) is 0 Å². The first-order valence-corrected chi connectivity index (χ1v) is 13.6. The molecule has 1 aliphatic heterocycles. The van der Waals surface area contributed by atoms with Crippen LogP contribution in [0.1, 0.15) is 0 Å². The maximum atomic E-state index is 14.9. The number of alkyl halides is 2. The lowest BCUT2D eigenvalue weighted by molar-refractivity contribution is -0.118. The van der Waals surface area contributed by atoms with Gasteiger partial charge in [-0.1, -0.05) is 36.4 Å². The number of imidazole rings is 1. The van der Waals surface area contributed by atoms with Crippen molar-refractivity contribution in [2.45, 2.75) is 18.1 Å². The second-order valence-electron chi connectivity index (χ2n) is 8.91. The van der Waals surface area contributed by atoms with E-state index in [1.54, 1.807) is 36.8 Å². The Bertz CT molecular complexity index is 1560. The van der Waals surface area contributed by atoms with Crippen LogP contribution in [0.3, 0.4) is 0 Å². The van der Waals surface area contributed by atoms with Crippen LogP contribution in [0.2, 0.25) is 0 Å². The number of aromatic amines is 1. The predicted molar refractivity (Wildman–Crippen MR) is 133 cm³/mol. The van der Waals surface area contributed by atoms with Gasteiger partial charge in [-0.2, -0.15) is 18.1 Å². The Kier molecular flexibility index (Phi) is 6.42. The molecule has 1 saturated heterocycles. The molecule has 0 unspecified atom stereocenters. The summed E-state index contributed by atoms with van der Waals surface area (Å²) in [5.74, 6) is -4.04. The van der Waals surface area contributed by atoms with Gasteiger partial charge in [0.25, 0.3) is 6.01 Å². The number of rotatable bonds is 6. The molecule has 3 heterocycles. The zero-order valence-electron chi connectivity index (χ0n) is 19.8. The molecule has 8 nitrogen and oxygen atoms in total. The van der Waals surface area contributed by atoms with E-state index in [4.69, 9.17) is 14.6 Å². The van der Waals surface area contributed by atoms with Gasteiger partial charge in [0, 0.05) is 33.9 Å². The Hall–Kier alpha value is -3.48. The quantitative estimate of drug-likeness (QED) is 0.377. The summed E-state index contributed by atoms with van der Waals surface area (Å²) >= 11 is 0. The SMILES string of the molecule is CS(C)(=O)=Nc1ccc(-c2ccc(-c3nc4nc(O[C@@H]5CO[C@H](CO)C5(F)F)[nH]c4cc3F)cc2)cc1. The molecule has 5 rings (SSSR count). The van der Waals surface area contributed by atoms with E-state index in [1.807, 2.05) is 24.3 Å². The number of fused-ring (bicyclic) bond motifs is 1. The van der Waals surface area contributed by atoms with Crippen LogP contribution >= 0.6 is 0 Å². The highest BCUT2D eigenvalue weighted by atomic mass is 32.2. The first kappa shape index (κ1) is 25.2. The number of nitrogens with zero attached hydrogens (tertiary/aromatic N) is 3. The van der Waals surface area contributed by atoms with Crippen LogP contribution in [0, 0.1) is 5.82 Å². The molecule has 37 heavy (non-hydrogen) atoms. The normalized spacial score (nSPS) is 19.3. The second kappa shape index (κ2) is 9.43. The number of hydrogen-bond donors (Lipinski definition) is 2. The van der Waals surface area contributed by atoms with Crippen LogP contribution in [-0.4, -0.2) is 68.1 Å². The summed E-state index contributed by atoms with van der Waals surface area (Å²) in [5, 5.41) is 9.05. The lowest BCUT2D eigenvalue weighted by atomic mass is 10.0. The first-order chi connectivity index (χ1) is 17.5. The van der Waals surface area contributed by atoms with Gasteiger partial charge in [0.1, 0.15) is 11.8 Å². The van der Waals surface area contributed by atoms with Gasteiger partial charge >= 0.3 is 5.92 Å². The highest BCUT2D eigenvalue weighted by Gasteiger charge is 2.55. The number of pyridine rings is 1. The lowest BCUT2D eigenvalue weighted by Gasteiger charge is -2.20. The molecule has 0 amide bonds. The van der Waals surface area contributed by atoms with Gasteiger partial charge in [0.05, 0.1) is 24.4 Å². The minimum absolute atomic E-state index is 0.0433. The molecular formula is C25H23F3N4O4S. The maximum Gasteiger partial charge on any atom is 0.314 e. The van der Waals surface area contributed by atoms with Crippen molar-refractivity contribution in [3.8, 4) is 28.4 Å². The highest BCUT2D eigenvalue weighted by Crippen LogP contribution is 2.35. The summed E-state index contributed by atoms with van der Waals surface area (Å²) in [6, 6.07) is 15.2. The number of ether oxygens (including phenoxy) is 2.